The SMILES string of the molecule is CCc1nc(N(C)CCSC)sc1CNC1CC1. The molecule has 1 N–H and O–H groups in total. The Hall–Kier alpha value is -0.260. The molecule has 0 saturated heterocycles. The molecule has 3 nitrogen and oxygen atoms in total. The van der Waals surface area contributed by atoms with E-state index in [9.17, 15) is 0 Å². The number of rotatable bonds is 8. The van der Waals surface area contributed by atoms with Gasteiger partial charge in [-0.1, -0.05) is 6.92 Å². The first kappa shape index (κ1) is 14.2. The highest BCUT2D eigenvalue weighted by atomic mass is 32.2. The van der Waals surface area contributed by atoms with Crippen LogP contribution < -0.4 is 10.2 Å². The van der Waals surface area contributed by atoms with E-state index in [1.807, 2.05) is 23.1 Å². The number of nitrogens with one attached hydrogen (secondary N) is 1. The number of aryl methyl sites for hydroxylation is 1. The summed E-state index contributed by atoms with van der Waals surface area (Å²) in [5.74, 6) is 1.16. The van der Waals surface area contributed by atoms with Gasteiger partial charge < -0.3 is 10.2 Å². The maximum absolute atomic E-state index is 4.78. The fourth-order valence-corrected chi connectivity index (χ4v) is 3.34. The lowest BCUT2D eigenvalue weighted by Gasteiger charge is -2.14. The van der Waals surface area contributed by atoms with Gasteiger partial charge in [-0.2, -0.15) is 11.8 Å². The molecule has 0 unspecified atom stereocenters. The molecule has 0 aromatic carbocycles. The first-order chi connectivity index (χ1) is 8.74. The van der Waals surface area contributed by atoms with Gasteiger partial charge in [-0.3, -0.25) is 0 Å². The largest absolute Gasteiger partial charge is 0.350 e. The molecule has 1 saturated carbocycles. The molecule has 1 heterocycles. The van der Waals surface area contributed by atoms with Gasteiger partial charge in [-0.15, -0.1) is 11.3 Å². The van der Waals surface area contributed by atoms with Crippen molar-refractivity contribution in [3.63, 3.8) is 0 Å². The molecule has 0 atom stereocenters. The lowest BCUT2D eigenvalue weighted by Crippen LogP contribution is -2.19. The fraction of sp³-hybridized carbons (Fsp3) is 0.769. The number of anilines is 1. The molecule has 0 aliphatic heterocycles. The fourth-order valence-electron chi connectivity index (χ4n) is 1.80. The van der Waals surface area contributed by atoms with Crippen LogP contribution in [0.5, 0.6) is 0 Å². The number of thioether (sulfide) groups is 1. The molecule has 18 heavy (non-hydrogen) atoms. The number of aromatic nitrogens is 1. The molecule has 0 bridgehead atoms. The smallest absolute Gasteiger partial charge is 0.185 e. The highest BCUT2D eigenvalue weighted by Crippen LogP contribution is 2.27. The highest BCUT2D eigenvalue weighted by Gasteiger charge is 2.21. The van der Waals surface area contributed by atoms with Gasteiger partial charge in [0.15, 0.2) is 5.13 Å². The number of nitrogens with zero attached hydrogens (tertiary/aromatic N) is 2. The van der Waals surface area contributed by atoms with Gasteiger partial charge in [0.05, 0.1) is 5.69 Å². The van der Waals surface area contributed by atoms with Crippen LogP contribution in [0.15, 0.2) is 0 Å². The molecular weight excluding hydrogens is 262 g/mol. The van der Waals surface area contributed by atoms with E-state index in [2.05, 4.69) is 30.4 Å². The van der Waals surface area contributed by atoms with Crippen LogP contribution in [0, 0.1) is 0 Å². The molecule has 1 aromatic heterocycles. The molecule has 1 fully saturated rings. The Balaban J connectivity index is 1.97. The topological polar surface area (TPSA) is 28.2 Å². The first-order valence-corrected chi connectivity index (χ1v) is 8.87. The summed E-state index contributed by atoms with van der Waals surface area (Å²) in [5, 5.41) is 4.77. The molecule has 1 aliphatic carbocycles. The number of hydrogen-bond acceptors (Lipinski definition) is 5. The minimum Gasteiger partial charge on any atom is -0.350 e. The van der Waals surface area contributed by atoms with E-state index in [1.165, 1.54) is 28.5 Å². The van der Waals surface area contributed by atoms with Gasteiger partial charge in [-0.25, -0.2) is 4.98 Å². The predicted octanol–water partition coefficient (Wildman–Crippen LogP) is 2.76. The summed E-state index contributed by atoms with van der Waals surface area (Å²) in [6.45, 7) is 4.27. The van der Waals surface area contributed by atoms with E-state index < -0.39 is 0 Å². The second-order valence-corrected chi connectivity index (χ2v) is 6.84. The summed E-state index contributed by atoms with van der Waals surface area (Å²) in [6, 6.07) is 0.773. The van der Waals surface area contributed by atoms with Crippen LogP contribution in [0.1, 0.15) is 30.3 Å². The standard InChI is InChI=1S/C13H23N3S2/c1-4-11-12(9-14-10-5-6-10)18-13(15-11)16(2)7-8-17-3/h10,14H,4-9H2,1-3H3. The maximum atomic E-state index is 4.78. The van der Waals surface area contributed by atoms with Crippen molar-refractivity contribution in [3.05, 3.63) is 10.6 Å². The summed E-state index contributed by atoms with van der Waals surface area (Å²) >= 11 is 3.74. The molecule has 5 heteroatoms. The van der Waals surface area contributed by atoms with E-state index in [0.717, 1.165) is 31.3 Å². The Morgan fingerprint density at radius 3 is 2.89 bits per heavy atom. The zero-order valence-electron chi connectivity index (χ0n) is 11.5. The summed E-state index contributed by atoms with van der Waals surface area (Å²) in [6.07, 6.45) is 5.88. The third-order valence-electron chi connectivity index (χ3n) is 3.19. The second-order valence-electron chi connectivity index (χ2n) is 4.79. The third kappa shape index (κ3) is 3.87. The minimum absolute atomic E-state index is 0.773. The minimum atomic E-state index is 0.773. The van der Waals surface area contributed by atoms with E-state index >= 15 is 0 Å². The lowest BCUT2D eigenvalue weighted by molar-refractivity contribution is 0.689. The van der Waals surface area contributed by atoms with Crippen LogP contribution in [0.2, 0.25) is 0 Å². The zero-order chi connectivity index (χ0) is 13.0. The molecule has 2 rings (SSSR count). The van der Waals surface area contributed by atoms with Gasteiger partial charge >= 0.3 is 0 Å². The maximum Gasteiger partial charge on any atom is 0.185 e. The van der Waals surface area contributed by atoms with E-state index in [4.69, 9.17) is 4.98 Å². The molecule has 0 spiro atoms. The molecule has 1 aromatic rings. The van der Waals surface area contributed by atoms with Crippen molar-refractivity contribution in [2.45, 2.75) is 38.8 Å². The van der Waals surface area contributed by atoms with Crippen molar-refractivity contribution in [1.29, 1.82) is 0 Å². The Labute approximate surface area is 118 Å². The predicted molar refractivity (Wildman–Crippen MR) is 83.0 cm³/mol. The van der Waals surface area contributed by atoms with Crippen molar-refractivity contribution < 1.29 is 0 Å². The summed E-state index contributed by atoms with van der Waals surface area (Å²) in [5.41, 5.74) is 1.28. The normalized spacial score (nSPS) is 15.1. The van der Waals surface area contributed by atoms with Crippen molar-refractivity contribution >= 4 is 28.2 Å². The Morgan fingerprint density at radius 1 is 1.50 bits per heavy atom. The van der Waals surface area contributed by atoms with Crippen LogP contribution in [-0.2, 0) is 13.0 Å². The van der Waals surface area contributed by atoms with Crippen molar-refractivity contribution in [2.24, 2.45) is 0 Å². The van der Waals surface area contributed by atoms with Crippen LogP contribution >= 0.6 is 23.1 Å². The van der Waals surface area contributed by atoms with Crippen LogP contribution in [0.4, 0.5) is 5.13 Å². The molecule has 0 radical (unpaired) electrons. The van der Waals surface area contributed by atoms with Gasteiger partial charge in [0.25, 0.3) is 0 Å². The number of hydrogen-bond donors (Lipinski definition) is 1. The first-order valence-electron chi connectivity index (χ1n) is 6.66. The van der Waals surface area contributed by atoms with Crippen LogP contribution in [0.3, 0.4) is 0 Å². The van der Waals surface area contributed by atoms with Crippen molar-refractivity contribution in [2.75, 3.05) is 30.5 Å². The zero-order valence-corrected chi connectivity index (χ0v) is 13.2. The summed E-state index contributed by atoms with van der Waals surface area (Å²) in [7, 11) is 2.15. The van der Waals surface area contributed by atoms with Gasteiger partial charge in [-0.05, 0) is 25.5 Å². The van der Waals surface area contributed by atoms with E-state index in [1.54, 1.807) is 0 Å². The van der Waals surface area contributed by atoms with E-state index in [-0.39, 0.29) is 0 Å². The van der Waals surface area contributed by atoms with Crippen molar-refractivity contribution in [3.8, 4) is 0 Å². The van der Waals surface area contributed by atoms with Gasteiger partial charge in [0, 0.05) is 36.8 Å². The molecule has 102 valence electrons. The molecule has 1 aliphatic rings. The Morgan fingerprint density at radius 2 is 2.28 bits per heavy atom. The highest BCUT2D eigenvalue weighted by molar-refractivity contribution is 7.98. The number of thiazole rings is 1. The molecular formula is C13H23N3S2. The average molecular weight is 285 g/mol. The van der Waals surface area contributed by atoms with E-state index in [0.29, 0.717) is 0 Å². The summed E-state index contributed by atoms with van der Waals surface area (Å²) < 4.78 is 0. The Bertz CT molecular complexity index is 374. The lowest BCUT2D eigenvalue weighted by atomic mass is 10.3. The van der Waals surface area contributed by atoms with Crippen molar-refractivity contribution in [1.82, 2.24) is 10.3 Å². The second kappa shape index (κ2) is 6.78. The third-order valence-corrected chi connectivity index (χ3v) is 4.99. The quantitative estimate of drug-likeness (QED) is 0.795. The van der Waals surface area contributed by atoms with Crippen LogP contribution in [0.25, 0.3) is 0 Å². The molecule has 0 amide bonds. The van der Waals surface area contributed by atoms with Crippen LogP contribution in [-0.4, -0.2) is 36.6 Å². The van der Waals surface area contributed by atoms with Gasteiger partial charge in [0.2, 0.25) is 0 Å². The Kier molecular flexibility index (Phi) is 5.33. The van der Waals surface area contributed by atoms with Gasteiger partial charge in [0.1, 0.15) is 0 Å². The average Bonchev–Trinajstić information content (AvgIpc) is 3.12. The monoisotopic (exact) mass is 285 g/mol. The summed E-state index contributed by atoms with van der Waals surface area (Å²) in [4.78, 5) is 8.48.